The third kappa shape index (κ3) is 5.42. The van der Waals surface area contributed by atoms with Gasteiger partial charge in [-0.2, -0.15) is 11.8 Å². The molecule has 6 heteroatoms. The van der Waals surface area contributed by atoms with Crippen LogP contribution in [-0.2, 0) is 23.4 Å². The Kier molecular flexibility index (Phi) is 7.63. The summed E-state index contributed by atoms with van der Waals surface area (Å²) in [5.74, 6) is 1.53. The Morgan fingerprint density at radius 3 is 2.86 bits per heavy atom. The molecule has 1 aliphatic carbocycles. The minimum atomic E-state index is -0.556. The maximum atomic E-state index is 13.7. The van der Waals surface area contributed by atoms with E-state index in [1.54, 1.807) is 19.1 Å². The Balaban J connectivity index is 1.43. The molecule has 0 heterocycles. The second kappa shape index (κ2) is 10.2. The molecule has 2 aromatic rings. The Morgan fingerprint density at radius 1 is 1.25 bits per heavy atom. The molecule has 0 saturated carbocycles. The van der Waals surface area contributed by atoms with Gasteiger partial charge in [0.15, 0.2) is 6.10 Å². The molecule has 0 bridgehead atoms. The van der Waals surface area contributed by atoms with Crippen LogP contribution in [0.4, 0.5) is 4.39 Å². The molecule has 0 aromatic heterocycles. The Morgan fingerprint density at radius 2 is 2.04 bits per heavy atom. The van der Waals surface area contributed by atoms with Crippen LogP contribution in [0.3, 0.4) is 0 Å². The number of fused-ring (bicyclic) bond motifs is 1. The quantitative estimate of drug-likeness (QED) is 0.597. The molecule has 1 N–H and O–H groups in total. The second-order valence-corrected chi connectivity index (χ2v) is 8.42. The number of aryl methyl sites for hydroxylation is 1. The summed E-state index contributed by atoms with van der Waals surface area (Å²) in [4.78, 5) is 12.3. The lowest BCUT2D eigenvalue weighted by Crippen LogP contribution is -2.37. The molecular formula is C22H25ClFNO2S. The number of ether oxygens (including phenoxy) is 1. The molecule has 0 aliphatic heterocycles. The molecule has 2 aromatic carbocycles. The zero-order valence-electron chi connectivity index (χ0n) is 16.0. The lowest BCUT2D eigenvalue weighted by atomic mass is 9.91. The maximum Gasteiger partial charge on any atom is 0.260 e. The number of thioether (sulfide) groups is 1. The molecule has 0 unspecified atom stereocenters. The summed E-state index contributed by atoms with van der Waals surface area (Å²) in [6.45, 7) is 2.26. The Labute approximate surface area is 175 Å². The number of benzene rings is 2. The van der Waals surface area contributed by atoms with Gasteiger partial charge in [0.05, 0.1) is 0 Å². The van der Waals surface area contributed by atoms with Gasteiger partial charge in [-0.05, 0) is 61.9 Å². The number of nitrogens with one attached hydrogen (secondary N) is 1. The first-order valence-electron chi connectivity index (χ1n) is 9.62. The molecule has 0 spiro atoms. The minimum absolute atomic E-state index is 0.141. The highest BCUT2D eigenvalue weighted by molar-refractivity contribution is 7.98. The number of hydrogen-bond donors (Lipinski definition) is 1. The molecule has 28 heavy (non-hydrogen) atoms. The Hall–Kier alpha value is -1.72. The zero-order chi connectivity index (χ0) is 19.9. The van der Waals surface area contributed by atoms with Crippen molar-refractivity contribution >= 4 is 29.3 Å². The highest BCUT2D eigenvalue weighted by Crippen LogP contribution is 2.30. The maximum absolute atomic E-state index is 13.7. The van der Waals surface area contributed by atoms with Crippen LogP contribution in [0.15, 0.2) is 36.4 Å². The molecule has 1 atom stereocenters. The predicted octanol–water partition coefficient (Wildman–Crippen LogP) is 5.17. The van der Waals surface area contributed by atoms with E-state index in [0.717, 1.165) is 25.0 Å². The summed E-state index contributed by atoms with van der Waals surface area (Å²) >= 11 is 7.55. The van der Waals surface area contributed by atoms with E-state index in [2.05, 4.69) is 11.4 Å². The first-order chi connectivity index (χ1) is 13.6. The van der Waals surface area contributed by atoms with E-state index in [1.807, 2.05) is 12.1 Å². The van der Waals surface area contributed by atoms with Crippen LogP contribution in [-0.4, -0.2) is 24.3 Å². The van der Waals surface area contributed by atoms with Gasteiger partial charge in [-0.1, -0.05) is 29.8 Å². The predicted molar refractivity (Wildman–Crippen MR) is 114 cm³/mol. The normalized spacial score (nSPS) is 14.2. The van der Waals surface area contributed by atoms with Crippen molar-refractivity contribution in [3.05, 3.63) is 63.9 Å². The van der Waals surface area contributed by atoms with Gasteiger partial charge in [-0.3, -0.25) is 4.79 Å². The van der Waals surface area contributed by atoms with Crippen molar-refractivity contribution in [3.63, 3.8) is 0 Å². The molecule has 3 rings (SSSR count). The smallest absolute Gasteiger partial charge is 0.260 e. The Bertz CT molecular complexity index is 810. The van der Waals surface area contributed by atoms with Crippen LogP contribution in [0, 0.1) is 5.82 Å². The number of hydrogen-bond acceptors (Lipinski definition) is 3. The van der Waals surface area contributed by atoms with E-state index in [1.165, 1.54) is 35.4 Å². The fraction of sp³-hybridized carbons (Fsp3) is 0.409. The van der Waals surface area contributed by atoms with Crippen LogP contribution in [0.1, 0.15) is 36.5 Å². The fourth-order valence-corrected chi connectivity index (χ4v) is 4.53. The summed E-state index contributed by atoms with van der Waals surface area (Å²) in [6, 6.07) is 10.8. The molecule has 0 radical (unpaired) electrons. The SMILES string of the molecule is C[C@@H](Oc1cccc2c1CCCC2)C(=O)NCCSCc1c(F)cccc1Cl. The highest BCUT2D eigenvalue weighted by atomic mass is 35.5. The van der Waals surface area contributed by atoms with Crippen molar-refractivity contribution in [2.24, 2.45) is 0 Å². The van der Waals surface area contributed by atoms with Crippen molar-refractivity contribution in [3.8, 4) is 5.75 Å². The number of halogens is 2. The third-order valence-electron chi connectivity index (χ3n) is 4.88. The molecule has 0 fully saturated rings. The van der Waals surface area contributed by atoms with Gasteiger partial charge in [0, 0.05) is 28.6 Å². The van der Waals surface area contributed by atoms with Gasteiger partial charge >= 0.3 is 0 Å². The van der Waals surface area contributed by atoms with Gasteiger partial charge in [0.1, 0.15) is 11.6 Å². The average molecular weight is 422 g/mol. The first-order valence-corrected chi connectivity index (χ1v) is 11.2. The van der Waals surface area contributed by atoms with E-state index in [-0.39, 0.29) is 11.7 Å². The number of rotatable bonds is 8. The van der Waals surface area contributed by atoms with Gasteiger partial charge in [-0.25, -0.2) is 4.39 Å². The van der Waals surface area contributed by atoms with E-state index in [4.69, 9.17) is 16.3 Å². The van der Waals surface area contributed by atoms with E-state index in [0.29, 0.717) is 28.6 Å². The van der Waals surface area contributed by atoms with Crippen molar-refractivity contribution in [1.82, 2.24) is 5.32 Å². The fourth-order valence-electron chi connectivity index (χ4n) is 3.34. The summed E-state index contributed by atoms with van der Waals surface area (Å²) < 4.78 is 19.7. The molecular weight excluding hydrogens is 397 g/mol. The average Bonchev–Trinajstić information content (AvgIpc) is 2.69. The standard InChI is InChI=1S/C22H25ClFNO2S/c1-15(27-21-11-4-7-16-6-2-3-8-17(16)21)22(26)25-12-13-28-14-18-19(23)9-5-10-20(18)24/h4-5,7,9-11,15H,2-3,6,8,12-14H2,1H3,(H,25,26)/t15-/m1/s1. The number of carbonyl (C=O) groups is 1. The molecule has 150 valence electrons. The zero-order valence-corrected chi connectivity index (χ0v) is 17.5. The topological polar surface area (TPSA) is 38.3 Å². The lowest BCUT2D eigenvalue weighted by Gasteiger charge is -2.22. The van der Waals surface area contributed by atoms with Crippen LogP contribution in [0.5, 0.6) is 5.75 Å². The van der Waals surface area contributed by atoms with E-state index >= 15 is 0 Å². The second-order valence-electron chi connectivity index (χ2n) is 6.90. The third-order valence-corrected chi connectivity index (χ3v) is 6.22. The number of amides is 1. The molecule has 1 aliphatic rings. The van der Waals surface area contributed by atoms with Crippen molar-refractivity contribution in [2.45, 2.75) is 44.5 Å². The van der Waals surface area contributed by atoms with Crippen molar-refractivity contribution in [1.29, 1.82) is 0 Å². The first kappa shape index (κ1) is 21.0. The van der Waals surface area contributed by atoms with Crippen LogP contribution >= 0.6 is 23.4 Å². The van der Waals surface area contributed by atoms with E-state index < -0.39 is 6.10 Å². The molecule has 1 amide bonds. The number of carbonyl (C=O) groups excluding carboxylic acids is 1. The lowest BCUT2D eigenvalue weighted by molar-refractivity contribution is -0.127. The van der Waals surface area contributed by atoms with Crippen LogP contribution < -0.4 is 10.1 Å². The van der Waals surface area contributed by atoms with Gasteiger partial charge in [0.2, 0.25) is 0 Å². The van der Waals surface area contributed by atoms with Crippen molar-refractivity contribution < 1.29 is 13.9 Å². The van der Waals surface area contributed by atoms with Gasteiger partial charge in [0.25, 0.3) is 5.91 Å². The summed E-state index contributed by atoms with van der Waals surface area (Å²) in [5, 5.41) is 3.32. The van der Waals surface area contributed by atoms with E-state index in [9.17, 15) is 9.18 Å². The highest BCUT2D eigenvalue weighted by Gasteiger charge is 2.19. The summed E-state index contributed by atoms with van der Waals surface area (Å²) in [7, 11) is 0. The summed E-state index contributed by atoms with van der Waals surface area (Å²) in [6.07, 6.45) is 3.91. The van der Waals surface area contributed by atoms with Crippen LogP contribution in [0.25, 0.3) is 0 Å². The minimum Gasteiger partial charge on any atom is -0.481 e. The van der Waals surface area contributed by atoms with Crippen LogP contribution in [0.2, 0.25) is 5.02 Å². The van der Waals surface area contributed by atoms with Crippen molar-refractivity contribution in [2.75, 3.05) is 12.3 Å². The molecule has 3 nitrogen and oxygen atoms in total. The monoisotopic (exact) mass is 421 g/mol. The van der Waals surface area contributed by atoms with Gasteiger partial charge < -0.3 is 10.1 Å². The van der Waals surface area contributed by atoms with Gasteiger partial charge in [-0.15, -0.1) is 0 Å². The largest absolute Gasteiger partial charge is 0.481 e. The molecule has 0 saturated heterocycles. The summed E-state index contributed by atoms with van der Waals surface area (Å²) in [5.41, 5.74) is 3.08.